The van der Waals surface area contributed by atoms with Crippen LogP contribution in [0.3, 0.4) is 0 Å². The number of quaternary nitrogens is 1. The molecule has 0 aliphatic rings. The lowest BCUT2D eigenvalue weighted by Gasteiger charge is -2.28. The summed E-state index contributed by atoms with van der Waals surface area (Å²) in [6.07, 6.45) is 0. The Morgan fingerprint density at radius 3 is 2.06 bits per heavy atom. The topological polar surface area (TPSA) is 61.9 Å². The maximum Gasteiger partial charge on any atom is 0.316 e. The number of guanidine groups is 1. The lowest BCUT2D eigenvalue weighted by atomic mass is 10.1. The van der Waals surface area contributed by atoms with Crippen LogP contribution in [-0.4, -0.2) is 24.6 Å². The van der Waals surface area contributed by atoms with Crippen LogP contribution in [0.4, 0.5) is 5.69 Å². The second-order valence-corrected chi connectivity index (χ2v) is 4.22. The Morgan fingerprint density at radius 2 is 1.69 bits per heavy atom. The second-order valence-electron chi connectivity index (χ2n) is 4.22. The molecule has 0 aliphatic carbocycles. The van der Waals surface area contributed by atoms with E-state index in [1.54, 1.807) is 0 Å². The SMILES string of the molecule is Cc1cccc(C)c1N[N+](C)(C)C(=N)N.Cl. The number of para-hydroxylation sites is 1. The number of rotatable bonds is 2. The number of hydrogen-bond donors (Lipinski definition) is 3. The van der Waals surface area contributed by atoms with Crippen LogP contribution < -0.4 is 11.2 Å². The highest BCUT2D eigenvalue weighted by Crippen LogP contribution is 2.21. The molecule has 0 fully saturated rings. The molecule has 1 rings (SSSR count). The van der Waals surface area contributed by atoms with E-state index in [4.69, 9.17) is 11.1 Å². The molecule has 0 bridgehead atoms. The molecule has 0 spiro atoms. The minimum atomic E-state index is 0. The Hall–Kier alpha value is -1.26. The molecule has 0 saturated heterocycles. The van der Waals surface area contributed by atoms with Crippen molar-refractivity contribution in [2.24, 2.45) is 5.73 Å². The van der Waals surface area contributed by atoms with E-state index in [0.717, 1.165) is 16.8 Å². The fourth-order valence-electron chi connectivity index (χ4n) is 1.33. The predicted molar refractivity (Wildman–Crippen MR) is 70.8 cm³/mol. The molecular formula is C11H20ClN4+. The molecule has 90 valence electrons. The highest BCUT2D eigenvalue weighted by molar-refractivity contribution is 5.85. The van der Waals surface area contributed by atoms with Crippen LogP contribution in [0.25, 0.3) is 0 Å². The van der Waals surface area contributed by atoms with E-state index >= 15 is 0 Å². The van der Waals surface area contributed by atoms with Gasteiger partial charge < -0.3 is 5.73 Å². The number of hydrogen-bond acceptors (Lipinski definition) is 2. The quantitative estimate of drug-likeness (QED) is 0.322. The zero-order valence-corrected chi connectivity index (χ0v) is 11.0. The lowest BCUT2D eigenvalue weighted by Crippen LogP contribution is -2.54. The van der Waals surface area contributed by atoms with E-state index in [0.29, 0.717) is 0 Å². The zero-order valence-electron chi connectivity index (χ0n) is 10.2. The summed E-state index contributed by atoms with van der Waals surface area (Å²) in [5.41, 5.74) is 12.1. The van der Waals surface area contributed by atoms with Gasteiger partial charge in [0.15, 0.2) is 0 Å². The maximum atomic E-state index is 7.47. The Kier molecular flexibility index (Phi) is 4.78. The van der Waals surface area contributed by atoms with Gasteiger partial charge in [0.25, 0.3) is 0 Å². The largest absolute Gasteiger partial charge is 0.336 e. The molecule has 4 N–H and O–H groups in total. The van der Waals surface area contributed by atoms with E-state index in [9.17, 15) is 0 Å². The van der Waals surface area contributed by atoms with Crippen molar-refractivity contribution in [1.82, 2.24) is 0 Å². The van der Waals surface area contributed by atoms with Crippen LogP contribution >= 0.6 is 12.4 Å². The molecule has 0 aliphatic heterocycles. The van der Waals surface area contributed by atoms with Crippen LogP contribution in [0.15, 0.2) is 18.2 Å². The fourth-order valence-corrected chi connectivity index (χ4v) is 1.33. The molecule has 0 amide bonds. The van der Waals surface area contributed by atoms with Gasteiger partial charge in [0.1, 0.15) is 0 Å². The summed E-state index contributed by atoms with van der Waals surface area (Å²) in [7, 11) is 3.68. The predicted octanol–water partition coefficient (Wildman–Crippen LogP) is 2.02. The van der Waals surface area contributed by atoms with Gasteiger partial charge in [-0.25, -0.2) is 10.8 Å². The van der Waals surface area contributed by atoms with Gasteiger partial charge in [-0.15, -0.1) is 12.4 Å². The smallest absolute Gasteiger partial charge is 0.316 e. The average molecular weight is 244 g/mol. The average Bonchev–Trinajstić information content (AvgIpc) is 2.11. The van der Waals surface area contributed by atoms with Crippen molar-refractivity contribution in [3.05, 3.63) is 29.3 Å². The van der Waals surface area contributed by atoms with Gasteiger partial charge in [-0.3, -0.25) is 0 Å². The fraction of sp³-hybridized carbons (Fsp3) is 0.364. The summed E-state index contributed by atoms with van der Waals surface area (Å²) in [5, 5.41) is 7.47. The third-order valence-electron chi connectivity index (χ3n) is 2.47. The van der Waals surface area contributed by atoms with E-state index in [2.05, 4.69) is 5.43 Å². The van der Waals surface area contributed by atoms with E-state index in [1.165, 1.54) is 0 Å². The van der Waals surface area contributed by atoms with Gasteiger partial charge in [0.05, 0.1) is 19.8 Å². The monoisotopic (exact) mass is 243 g/mol. The van der Waals surface area contributed by atoms with Crippen LogP contribution in [0, 0.1) is 19.3 Å². The van der Waals surface area contributed by atoms with Crippen LogP contribution in [0.5, 0.6) is 0 Å². The van der Waals surface area contributed by atoms with Crippen LogP contribution in [-0.2, 0) is 0 Å². The molecule has 4 nitrogen and oxygen atoms in total. The first-order chi connectivity index (χ1) is 6.84. The molecule has 0 aromatic heterocycles. The van der Waals surface area contributed by atoms with Gasteiger partial charge in [-0.05, 0) is 25.0 Å². The second kappa shape index (κ2) is 5.18. The Bertz CT molecular complexity index is 367. The molecule has 16 heavy (non-hydrogen) atoms. The van der Waals surface area contributed by atoms with Gasteiger partial charge in [-0.1, -0.05) is 18.2 Å². The number of benzene rings is 1. The van der Waals surface area contributed by atoms with Crippen molar-refractivity contribution in [2.75, 3.05) is 19.5 Å². The summed E-state index contributed by atoms with van der Waals surface area (Å²) in [6.45, 7) is 4.07. The molecule has 0 heterocycles. The standard InChI is InChI=1S/C11H19N4.ClH/c1-8-6-5-7-9(2)10(8)14-15(3,4)11(12)13;/h5-7,14H,1-4H3,(H3,12,13);1H/q+1;. The number of anilines is 1. The van der Waals surface area contributed by atoms with E-state index < -0.39 is 0 Å². The zero-order chi connectivity index (χ0) is 11.6. The minimum Gasteiger partial charge on any atom is -0.336 e. The molecule has 0 saturated carbocycles. The minimum absolute atomic E-state index is 0. The van der Waals surface area contributed by atoms with Crippen molar-refractivity contribution < 1.29 is 4.59 Å². The normalized spacial score (nSPS) is 10.5. The van der Waals surface area contributed by atoms with Gasteiger partial charge in [-0.2, -0.15) is 4.59 Å². The number of halogens is 1. The Labute approximate surface area is 103 Å². The van der Waals surface area contributed by atoms with Crippen LogP contribution in [0.2, 0.25) is 0 Å². The molecule has 1 aromatic rings. The van der Waals surface area contributed by atoms with E-state index in [-0.39, 0.29) is 23.0 Å². The summed E-state index contributed by atoms with van der Waals surface area (Å²) < 4.78 is 0.158. The Balaban J connectivity index is 0.00000225. The van der Waals surface area contributed by atoms with Crippen molar-refractivity contribution in [3.8, 4) is 0 Å². The number of nitrogens with two attached hydrogens (primary N) is 1. The first kappa shape index (κ1) is 14.7. The number of nitrogens with zero attached hydrogens (tertiary/aromatic N) is 1. The molecule has 5 heteroatoms. The van der Waals surface area contributed by atoms with Crippen molar-refractivity contribution in [2.45, 2.75) is 13.8 Å². The first-order valence-corrected chi connectivity index (χ1v) is 4.87. The summed E-state index contributed by atoms with van der Waals surface area (Å²) in [6, 6.07) is 6.09. The highest BCUT2D eigenvalue weighted by atomic mass is 35.5. The summed E-state index contributed by atoms with van der Waals surface area (Å²) >= 11 is 0. The molecule has 0 unspecified atom stereocenters. The maximum absolute atomic E-state index is 7.47. The number of nitrogens with one attached hydrogen (secondary N) is 2. The lowest BCUT2D eigenvalue weighted by molar-refractivity contribution is -0.777. The highest BCUT2D eigenvalue weighted by Gasteiger charge is 2.21. The third-order valence-corrected chi connectivity index (χ3v) is 2.47. The van der Waals surface area contributed by atoms with Gasteiger partial charge >= 0.3 is 5.96 Å². The first-order valence-electron chi connectivity index (χ1n) is 4.87. The number of aryl methyl sites for hydroxylation is 2. The summed E-state index contributed by atoms with van der Waals surface area (Å²) in [5.74, 6) is 0.0812. The Morgan fingerprint density at radius 1 is 1.25 bits per heavy atom. The van der Waals surface area contributed by atoms with Crippen molar-refractivity contribution in [1.29, 1.82) is 5.41 Å². The van der Waals surface area contributed by atoms with Crippen molar-refractivity contribution >= 4 is 24.1 Å². The molecule has 1 aromatic carbocycles. The van der Waals surface area contributed by atoms with Gasteiger partial charge in [0.2, 0.25) is 0 Å². The van der Waals surface area contributed by atoms with Gasteiger partial charge in [0, 0.05) is 0 Å². The summed E-state index contributed by atoms with van der Waals surface area (Å²) in [4.78, 5) is 0. The molecular weight excluding hydrogens is 224 g/mol. The molecule has 0 radical (unpaired) electrons. The van der Waals surface area contributed by atoms with Crippen molar-refractivity contribution in [3.63, 3.8) is 0 Å². The van der Waals surface area contributed by atoms with Crippen LogP contribution in [0.1, 0.15) is 11.1 Å². The van der Waals surface area contributed by atoms with E-state index in [1.807, 2.05) is 46.1 Å². The molecule has 0 atom stereocenters. The third kappa shape index (κ3) is 3.12.